The van der Waals surface area contributed by atoms with Gasteiger partial charge in [-0.05, 0) is 29.8 Å². The molecule has 0 aromatic heterocycles. The van der Waals surface area contributed by atoms with Crippen molar-refractivity contribution in [1.82, 2.24) is 0 Å². The topological polar surface area (TPSA) is 21.3 Å². The molecule has 128 valence electrons. The molecule has 0 aliphatic carbocycles. The molecule has 0 saturated carbocycles. The van der Waals surface area contributed by atoms with Gasteiger partial charge >= 0.3 is 0 Å². The first-order chi connectivity index (χ1) is 12.2. The lowest BCUT2D eigenvalue weighted by atomic mass is 10.1. The monoisotopic (exact) mass is 371 g/mol. The van der Waals surface area contributed by atoms with Gasteiger partial charge in [0.05, 0.1) is 6.61 Å². The molecule has 1 N–H and O–H groups in total. The molecular weight excluding hydrogens is 353 g/mol. The van der Waals surface area contributed by atoms with E-state index < -0.39 is 0 Å². The van der Waals surface area contributed by atoms with Crippen molar-refractivity contribution in [3.05, 3.63) is 94.0 Å². The fraction of sp³-hybridized carbons (Fsp3) is 0.143. The van der Waals surface area contributed by atoms with Gasteiger partial charge in [-0.25, -0.2) is 0 Å². The third-order valence-corrected chi connectivity index (χ3v) is 4.25. The summed E-state index contributed by atoms with van der Waals surface area (Å²) in [5.74, 6) is 0.888. The fourth-order valence-electron chi connectivity index (χ4n) is 2.57. The fourth-order valence-corrected chi connectivity index (χ4v) is 3.09. The predicted molar refractivity (Wildman–Crippen MR) is 106 cm³/mol. The maximum Gasteiger partial charge on any atom is 0.124 e. The van der Waals surface area contributed by atoms with Gasteiger partial charge in [0.25, 0.3) is 0 Å². The molecule has 0 aliphatic heterocycles. The molecule has 0 aliphatic rings. The minimum absolute atomic E-state index is 0.613. The summed E-state index contributed by atoms with van der Waals surface area (Å²) in [6.07, 6.45) is 0.881. The van der Waals surface area contributed by atoms with Crippen LogP contribution in [-0.4, -0.2) is 6.61 Å². The lowest BCUT2D eigenvalue weighted by Crippen LogP contribution is -2.06. The minimum Gasteiger partial charge on any atom is -0.493 e. The van der Waals surface area contributed by atoms with Crippen LogP contribution in [0.15, 0.2) is 72.8 Å². The smallest absolute Gasteiger partial charge is 0.124 e. The van der Waals surface area contributed by atoms with Crippen LogP contribution in [0.3, 0.4) is 0 Å². The van der Waals surface area contributed by atoms with Gasteiger partial charge in [-0.2, -0.15) is 0 Å². The van der Waals surface area contributed by atoms with E-state index in [1.165, 1.54) is 5.56 Å². The maximum atomic E-state index is 6.04. The summed E-state index contributed by atoms with van der Waals surface area (Å²) in [6.45, 7) is 1.28. The van der Waals surface area contributed by atoms with Crippen LogP contribution >= 0.6 is 23.2 Å². The summed E-state index contributed by atoms with van der Waals surface area (Å²) in [4.78, 5) is 0. The largest absolute Gasteiger partial charge is 0.493 e. The summed E-state index contributed by atoms with van der Waals surface area (Å²) >= 11 is 12.1. The van der Waals surface area contributed by atoms with Crippen molar-refractivity contribution >= 4 is 28.9 Å². The Morgan fingerprint density at radius 1 is 0.800 bits per heavy atom. The summed E-state index contributed by atoms with van der Waals surface area (Å²) in [6, 6.07) is 23.8. The zero-order chi connectivity index (χ0) is 17.5. The number of rotatable bonds is 7. The number of para-hydroxylation sites is 1. The quantitative estimate of drug-likeness (QED) is 0.531. The second-order valence-electron chi connectivity index (χ2n) is 5.70. The average molecular weight is 372 g/mol. The predicted octanol–water partition coefficient (Wildman–Crippen LogP) is 6.23. The van der Waals surface area contributed by atoms with Crippen LogP contribution in [0.25, 0.3) is 0 Å². The molecule has 2 nitrogen and oxygen atoms in total. The highest BCUT2D eigenvalue weighted by molar-refractivity contribution is 6.35. The zero-order valence-electron chi connectivity index (χ0n) is 13.7. The first kappa shape index (κ1) is 17.7. The Labute approximate surface area is 158 Å². The number of benzene rings is 3. The van der Waals surface area contributed by atoms with Gasteiger partial charge in [-0.1, -0.05) is 71.7 Å². The molecule has 0 fully saturated rings. The summed E-state index contributed by atoms with van der Waals surface area (Å²) < 4.78 is 5.98. The van der Waals surface area contributed by atoms with Gasteiger partial charge < -0.3 is 10.1 Å². The number of anilines is 1. The summed E-state index contributed by atoms with van der Waals surface area (Å²) in [5, 5.41) is 4.57. The van der Waals surface area contributed by atoms with Crippen LogP contribution in [0.5, 0.6) is 5.75 Å². The first-order valence-corrected chi connectivity index (χ1v) is 8.91. The Kier molecular flexibility index (Phi) is 6.21. The van der Waals surface area contributed by atoms with Crippen molar-refractivity contribution in [2.75, 3.05) is 11.9 Å². The summed E-state index contributed by atoms with van der Waals surface area (Å²) in [5.41, 5.74) is 3.25. The highest BCUT2D eigenvalue weighted by Gasteiger charge is 2.04. The lowest BCUT2D eigenvalue weighted by Gasteiger charge is -2.13. The van der Waals surface area contributed by atoms with Crippen LogP contribution in [0.2, 0.25) is 10.0 Å². The lowest BCUT2D eigenvalue weighted by molar-refractivity contribution is 0.319. The molecule has 0 spiro atoms. The van der Waals surface area contributed by atoms with E-state index in [1.54, 1.807) is 6.07 Å². The van der Waals surface area contributed by atoms with Crippen LogP contribution in [-0.2, 0) is 13.0 Å². The molecule has 3 aromatic rings. The van der Waals surface area contributed by atoms with E-state index in [-0.39, 0.29) is 0 Å². The Morgan fingerprint density at radius 3 is 2.24 bits per heavy atom. The van der Waals surface area contributed by atoms with Crippen molar-refractivity contribution < 1.29 is 4.74 Å². The molecule has 0 bridgehead atoms. The average Bonchev–Trinajstić information content (AvgIpc) is 2.61. The molecule has 0 saturated heterocycles. The van der Waals surface area contributed by atoms with Gasteiger partial charge in [0.1, 0.15) is 5.75 Å². The van der Waals surface area contributed by atoms with E-state index in [0.29, 0.717) is 23.2 Å². The van der Waals surface area contributed by atoms with Gasteiger partial charge in [0, 0.05) is 34.3 Å². The summed E-state index contributed by atoms with van der Waals surface area (Å²) in [7, 11) is 0. The number of ether oxygens (including phenoxy) is 1. The molecule has 0 heterocycles. The normalized spacial score (nSPS) is 10.5. The van der Waals surface area contributed by atoms with E-state index in [0.717, 1.165) is 23.4 Å². The van der Waals surface area contributed by atoms with E-state index in [4.69, 9.17) is 27.9 Å². The van der Waals surface area contributed by atoms with Crippen LogP contribution in [0.4, 0.5) is 5.69 Å². The van der Waals surface area contributed by atoms with Gasteiger partial charge in [0.15, 0.2) is 0 Å². The van der Waals surface area contributed by atoms with Crippen molar-refractivity contribution in [2.45, 2.75) is 13.0 Å². The van der Waals surface area contributed by atoms with Crippen molar-refractivity contribution in [1.29, 1.82) is 0 Å². The third-order valence-electron chi connectivity index (χ3n) is 3.81. The second-order valence-corrected chi connectivity index (χ2v) is 6.58. The molecule has 0 amide bonds. The molecular formula is C21H19Cl2NO. The molecule has 4 heteroatoms. The first-order valence-electron chi connectivity index (χ1n) is 8.15. The molecule has 3 rings (SSSR count). The van der Waals surface area contributed by atoms with Crippen molar-refractivity contribution in [3.63, 3.8) is 0 Å². The van der Waals surface area contributed by atoms with Gasteiger partial charge in [0.2, 0.25) is 0 Å². The molecule has 0 unspecified atom stereocenters. The number of hydrogen-bond donors (Lipinski definition) is 1. The Morgan fingerprint density at radius 2 is 1.48 bits per heavy atom. The third kappa shape index (κ3) is 5.42. The highest BCUT2D eigenvalue weighted by atomic mass is 35.5. The van der Waals surface area contributed by atoms with Crippen LogP contribution in [0.1, 0.15) is 11.1 Å². The second kappa shape index (κ2) is 8.80. The Balaban J connectivity index is 1.60. The van der Waals surface area contributed by atoms with Gasteiger partial charge in [-0.15, -0.1) is 0 Å². The van der Waals surface area contributed by atoms with Crippen molar-refractivity contribution in [2.24, 2.45) is 0 Å². The van der Waals surface area contributed by atoms with Crippen LogP contribution in [0, 0.1) is 0 Å². The molecule has 0 atom stereocenters. The number of nitrogens with one attached hydrogen (secondary N) is 1. The van der Waals surface area contributed by atoms with E-state index in [1.807, 2.05) is 48.5 Å². The Hall–Kier alpha value is -2.16. The molecule has 0 radical (unpaired) electrons. The maximum absolute atomic E-state index is 6.04. The van der Waals surface area contributed by atoms with Crippen LogP contribution < -0.4 is 10.1 Å². The number of halogens is 2. The minimum atomic E-state index is 0.613. The zero-order valence-corrected chi connectivity index (χ0v) is 15.2. The van der Waals surface area contributed by atoms with Gasteiger partial charge in [-0.3, -0.25) is 0 Å². The van der Waals surface area contributed by atoms with E-state index in [9.17, 15) is 0 Å². The van der Waals surface area contributed by atoms with Crippen molar-refractivity contribution in [3.8, 4) is 5.75 Å². The number of hydrogen-bond acceptors (Lipinski definition) is 2. The van der Waals surface area contributed by atoms with E-state index >= 15 is 0 Å². The Bertz CT molecular complexity index is 801. The molecule has 3 aromatic carbocycles. The standard InChI is InChI=1S/C21H19Cl2NO/c22-18-12-19(23)14-20(13-18)24-15-17-8-4-5-9-21(17)25-11-10-16-6-2-1-3-7-16/h1-9,12-14,24H,10-11,15H2. The van der Waals surface area contributed by atoms with E-state index in [2.05, 4.69) is 23.5 Å². The molecule has 25 heavy (non-hydrogen) atoms. The highest BCUT2D eigenvalue weighted by Crippen LogP contribution is 2.24. The SMILES string of the molecule is Clc1cc(Cl)cc(NCc2ccccc2OCCc2ccccc2)c1.